The van der Waals surface area contributed by atoms with E-state index in [0.29, 0.717) is 11.4 Å². The minimum Gasteiger partial charge on any atom is -0.307 e. The molecular formula is C23H15N3O. The number of nitrogens with zero attached hydrogens (tertiary/aromatic N) is 2. The smallest absolute Gasteiger partial charge is 0.256 e. The van der Waals surface area contributed by atoms with Crippen LogP contribution in [0.2, 0.25) is 0 Å². The molecule has 5 rings (SSSR count). The third kappa shape index (κ3) is 2.77. The molecule has 0 bridgehead atoms. The molecule has 0 aliphatic heterocycles. The highest BCUT2D eigenvalue weighted by atomic mass is 16.1. The molecule has 0 aliphatic carbocycles. The van der Waals surface area contributed by atoms with Gasteiger partial charge in [-0.1, -0.05) is 48.5 Å². The fraction of sp³-hybridized carbons (Fsp3) is 0. The number of nitrogens with one attached hydrogen (secondary N) is 1. The Hall–Kier alpha value is -3.79. The van der Waals surface area contributed by atoms with Crippen molar-refractivity contribution >= 4 is 44.4 Å². The SMILES string of the molecule is O=C(Nc1ccc2ccc3cc4ccccc4nc3c2n1)c1ccccc1. The fourth-order valence-electron chi connectivity index (χ4n) is 3.27. The second kappa shape index (κ2) is 6.18. The largest absolute Gasteiger partial charge is 0.307 e. The summed E-state index contributed by atoms with van der Waals surface area (Å²) in [6.45, 7) is 0. The molecule has 128 valence electrons. The Morgan fingerprint density at radius 2 is 1.37 bits per heavy atom. The van der Waals surface area contributed by atoms with Gasteiger partial charge in [-0.2, -0.15) is 0 Å². The van der Waals surface area contributed by atoms with E-state index < -0.39 is 0 Å². The van der Waals surface area contributed by atoms with Crippen molar-refractivity contribution in [1.29, 1.82) is 0 Å². The molecule has 2 aromatic heterocycles. The normalized spacial score (nSPS) is 11.1. The van der Waals surface area contributed by atoms with Gasteiger partial charge >= 0.3 is 0 Å². The van der Waals surface area contributed by atoms with Crippen LogP contribution in [0.15, 0.2) is 84.9 Å². The van der Waals surface area contributed by atoms with Crippen molar-refractivity contribution in [1.82, 2.24) is 9.97 Å². The number of rotatable bonds is 2. The lowest BCUT2D eigenvalue weighted by Gasteiger charge is -2.08. The number of para-hydroxylation sites is 1. The van der Waals surface area contributed by atoms with Crippen molar-refractivity contribution < 1.29 is 4.79 Å². The van der Waals surface area contributed by atoms with Gasteiger partial charge < -0.3 is 5.32 Å². The zero-order valence-corrected chi connectivity index (χ0v) is 14.4. The standard InChI is InChI=1S/C23H15N3O/c27-23(16-6-2-1-3-7-16)26-20-13-12-15-10-11-18-14-17-8-4-5-9-19(17)24-22(18)21(15)25-20/h1-14H,(H,25,26,27). The van der Waals surface area contributed by atoms with Crippen LogP contribution in [0.5, 0.6) is 0 Å². The molecule has 0 atom stereocenters. The van der Waals surface area contributed by atoms with E-state index >= 15 is 0 Å². The van der Waals surface area contributed by atoms with Crippen molar-refractivity contribution in [2.24, 2.45) is 0 Å². The van der Waals surface area contributed by atoms with Crippen LogP contribution in [-0.4, -0.2) is 15.9 Å². The van der Waals surface area contributed by atoms with E-state index in [9.17, 15) is 4.79 Å². The second-order valence-corrected chi connectivity index (χ2v) is 6.41. The Kier molecular flexibility index (Phi) is 3.54. The number of benzene rings is 3. The monoisotopic (exact) mass is 349 g/mol. The van der Waals surface area contributed by atoms with Gasteiger partial charge in [0.15, 0.2) is 0 Å². The summed E-state index contributed by atoms with van der Waals surface area (Å²) >= 11 is 0. The number of carbonyl (C=O) groups is 1. The highest BCUT2D eigenvalue weighted by Crippen LogP contribution is 2.27. The molecule has 0 saturated heterocycles. The summed E-state index contributed by atoms with van der Waals surface area (Å²) in [6, 6.07) is 27.1. The van der Waals surface area contributed by atoms with Crippen LogP contribution in [0.4, 0.5) is 5.82 Å². The minimum atomic E-state index is -0.180. The number of carbonyl (C=O) groups excluding carboxylic acids is 1. The summed E-state index contributed by atoms with van der Waals surface area (Å²) in [6.07, 6.45) is 0. The van der Waals surface area contributed by atoms with Gasteiger partial charge in [0.1, 0.15) is 5.82 Å². The first-order chi connectivity index (χ1) is 13.3. The van der Waals surface area contributed by atoms with E-state index in [2.05, 4.69) is 28.5 Å². The van der Waals surface area contributed by atoms with E-state index in [1.165, 1.54) is 0 Å². The average Bonchev–Trinajstić information content (AvgIpc) is 2.73. The first kappa shape index (κ1) is 15.5. The van der Waals surface area contributed by atoms with Crippen LogP contribution in [-0.2, 0) is 0 Å². The lowest BCUT2D eigenvalue weighted by molar-refractivity contribution is 0.102. The number of anilines is 1. The number of aromatic nitrogens is 2. The van der Waals surface area contributed by atoms with E-state index in [-0.39, 0.29) is 5.91 Å². The van der Waals surface area contributed by atoms with E-state index in [4.69, 9.17) is 4.98 Å². The first-order valence-corrected chi connectivity index (χ1v) is 8.74. The van der Waals surface area contributed by atoms with Crippen LogP contribution in [0.25, 0.3) is 32.7 Å². The predicted octanol–water partition coefficient (Wildman–Crippen LogP) is 5.19. The summed E-state index contributed by atoms with van der Waals surface area (Å²) in [5.74, 6) is 0.333. The number of pyridine rings is 2. The summed E-state index contributed by atoms with van der Waals surface area (Å²) < 4.78 is 0. The lowest BCUT2D eigenvalue weighted by Crippen LogP contribution is -2.12. The van der Waals surface area contributed by atoms with Crippen molar-refractivity contribution in [2.75, 3.05) is 5.32 Å². The van der Waals surface area contributed by atoms with E-state index in [1.807, 2.05) is 54.6 Å². The molecular weight excluding hydrogens is 334 g/mol. The molecule has 1 amide bonds. The molecule has 2 heterocycles. The highest BCUT2D eigenvalue weighted by Gasteiger charge is 2.09. The van der Waals surface area contributed by atoms with Gasteiger partial charge in [-0.15, -0.1) is 0 Å². The fourth-order valence-corrected chi connectivity index (χ4v) is 3.27. The van der Waals surface area contributed by atoms with Gasteiger partial charge in [-0.3, -0.25) is 4.79 Å². The predicted molar refractivity (Wildman–Crippen MR) is 109 cm³/mol. The maximum atomic E-state index is 12.4. The molecule has 0 aliphatic rings. The Morgan fingerprint density at radius 1 is 0.667 bits per heavy atom. The topological polar surface area (TPSA) is 54.9 Å². The highest BCUT2D eigenvalue weighted by molar-refractivity contribution is 6.08. The average molecular weight is 349 g/mol. The van der Waals surface area contributed by atoms with Gasteiger partial charge in [-0.25, -0.2) is 9.97 Å². The number of amides is 1. The molecule has 4 nitrogen and oxygen atoms in total. The van der Waals surface area contributed by atoms with Crippen LogP contribution >= 0.6 is 0 Å². The Morgan fingerprint density at radius 3 is 2.26 bits per heavy atom. The Bertz CT molecular complexity index is 1310. The summed E-state index contributed by atoms with van der Waals surface area (Å²) in [5, 5.41) is 5.99. The molecule has 0 unspecified atom stereocenters. The maximum absolute atomic E-state index is 12.4. The van der Waals surface area contributed by atoms with Crippen molar-refractivity contribution in [3.63, 3.8) is 0 Å². The van der Waals surface area contributed by atoms with Gasteiger partial charge in [0, 0.05) is 21.7 Å². The van der Waals surface area contributed by atoms with Crippen molar-refractivity contribution in [2.45, 2.75) is 0 Å². The quantitative estimate of drug-likeness (QED) is 0.352. The van der Waals surface area contributed by atoms with Crippen LogP contribution < -0.4 is 5.32 Å². The second-order valence-electron chi connectivity index (χ2n) is 6.41. The van der Waals surface area contributed by atoms with Crippen molar-refractivity contribution in [3.05, 3.63) is 90.5 Å². The molecule has 5 aromatic rings. The lowest BCUT2D eigenvalue weighted by atomic mass is 10.1. The molecule has 0 saturated carbocycles. The molecule has 1 N–H and O–H groups in total. The van der Waals surface area contributed by atoms with Gasteiger partial charge in [0.25, 0.3) is 5.91 Å². The molecule has 0 spiro atoms. The maximum Gasteiger partial charge on any atom is 0.256 e. The summed E-state index contributed by atoms with van der Waals surface area (Å²) in [4.78, 5) is 21.9. The van der Waals surface area contributed by atoms with E-state index in [1.54, 1.807) is 12.1 Å². The minimum absolute atomic E-state index is 0.180. The molecule has 0 fully saturated rings. The van der Waals surface area contributed by atoms with Gasteiger partial charge in [0.05, 0.1) is 16.6 Å². The molecule has 27 heavy (non-hydrogen) atoms. The summed E-state index contributed by atoms with van der Waals surface area (Å²) in [5.41, 5.74) is 3.14. The zero-order chi connectivity index (χ0) is 18.2. The third-order valence-corrected chi connectivity index (χ3v) is 4.62. The van der Waals surface area contributed by atoms with E-state index in [0.717, 1.165) is 32.7 Å². The molecule has 0 radical (unpaired) electrons. The van der Waals surface area contributed by atoms with Gasteiger partial charge in [0.2, 0.25) is 0 Å². The first-order valence-electron chi connectivity index (χ1n) is 8.74. The third-order valence-electron chi connectivity index (χ3n) is 4.62. The molecule has 4 heteroatoms. The Balaban J connectivity index is 1.64. The number of fused-ring (bicyclic) bond motifs is 4. The Labute approximate surface area is 155 Å². The molecule has 3 aromatic carbocycles. The van der Waals surface area contributed by atoms with Gasteiger partial charge in [-0.05, 0) is 36.4 Å². The number of hydrogen-bond donors (Lipinski definition) is 1. The van der Waals surface area contributed by atoms with Crippen LogP contribution in [0, 0.1) is 0 Å². The van der Waals surface area contributed by atoms with Crippen LogP contribution in [0.3, 0.4) is 0 Å². The zero-order valence-electron chi connectivity index (χ0n) is 14.4. The summed E-state index contributed by atoms with van der Waals surface area (Å²) in [7, 11) is 0. The van der Waals surface area contributed by atoms with Crippen LogP contribution in [0.1, 0.15) is 10.4 Å². The van der Waals surface area contributed by atoms with Crippen molar-refractivity contribution in [3.8, 4) is 0 Å². The number of hydrogen-bond acceptors (Lipinski definition) is 3.